The van der Waals surface area contributed by atoms with E-state index < -0.39 is 0 Å². The second kappa shape index (κ2) is 4.91. The van der Waals surface area contributed by atoms with Crippen molar-refractivity contribution >= 4 is 17.4 Å². The molecule has 4 nitrogen and oxygen atoms in total. The molecule has 0 amide bonds. The van der Waals surface area contributed by atoms with Gasteiger partial charge in [-0.05, 0) is 26.1 Å². The normalized spacial score (nSPS) is 21.3. The molecule has 1 aromatic rings. The molecule has 2 heterocycles. The topological polar surface area (TPSA) is 43.2 Å². The lowest BCUT2D eigenvalue weighted by molar-refractivity contribution is 0.274. The SMILES string of the molecule is CC1CN(C)CCN1c1ccc(Cl)c(C#N)n1. The fourth-order valence-electron chi connectivity index (χ4n) is 2.15. The molecule has 1 aliphatic rings. The molecule has 90 valence electrons. The minimum absolute atomic E-state index is 0.301. The summed E-state index contributed by atoms with van der Waals surface area (Å²) >= 11 is 5.88. The standard InChI is InChI=1S/C12H15ClN4/c1-9-8-16(2)5-6-17(9)12-4-3-10(13)11(7-14)15-12/h3-4,9H,5-6,8H2,1-2H3. The van der Waals surface area contributed by atoms with E-state index >= 15 is 0 Å². The monoisotopic (exact) mass is 250 g/mol. The van der Waals surface area contributed by atoms with Gasteiger partial charge in [0.05, 0.1) is 5.02 Å². The molecule has 0 bridgehead atoms. The van der Waals surface area contributed by atoms with Crippen molar-refractivity contribution in [3.8, 4) is 6.07 Å². The number of halogens is 1. The molecule has 5 heteroatoms. The van der Waals surface area contributed by atoms with Crippen molar-refractivity contribution in [3.63, 3.8) is 0 Å². The summed E-state index contributed by atoms with van der Waals surface area (Å²) in [6, 6.07) is 6.04. The van der Waals surface area contributed by atoms with Crippen molar-refractivity contribution in [2.75, 3.05) is 31.6 Å². The highest BCUT2D eigenvalue weighted by molar-refractivity contribution is 6.31. The third-order valence-corrected chi connectivity index (χ3v) is 3.37. The van der Waals surface area contributed by atoms with Crippen molar-refractivity contribution in [1.29, 1.82) is 5.26 Å². The molecular formula is C12H15ClN4. The number of hydrogen-bond acceptors (Lipinski definition) is 4. The zero-order valence-electron chi connectivity index (χ0n) is 10.0. The summed E-state index contributed by atoms with van der Waals surface area (Å²) in [5, 5.41) is 9.34. The average molecular weight is 251 g/mol. The molecule has 0 saturated carbocycles. The van der Waals surface area contributed by atoms with Crippen LogP contribution in [0.15, 0.2) is 12.1 Å². The number of hydrogen-bond donors (Lipinski definition) is 0. The van der Waals surface area contributed by atoms with Crippen molar-refractivity contribution in [1.82, 2.24) is 9.88 Å². The Labute approximate surface area is 106 Å². The van der Waals surface area contributed by atoms with Crippen LogP contribution in [0.2, 0.25) is 5.02 Å². The third kappa shape index (κ3) is 2.51. The molecule has 1 aromatic heterocycles. The highest BCUT2D eigenvalue weighted by Crippen LogP contribution is 2.22. The number of nitriles is 1. The van der Waals surface area contributed by atoms with Crippen LogP contribution in [0.5, 0.6) is 0 Å². The van der Waals surface area contributed by atoms with E-state index in [-0.39, 0.29) is 0 Å². The van der Waals surface area contributed by atoms with Gasteiger partial charge in [0.15, 0.2) is 5.69 Å². The summed E-state index contributed by atoms with van der Waals surface area (Å²) < 4.78 is 0. The van der Waals surface area contributed by atoms with Gasteiger partial charge in [-0.2, -0.15) is 5.26 Å². The van der Waals surface area contributed by atoms with Gasteiger partial charge < -0.3 is 9.80 Å². The summed E-state index contributed by atoms with van der Waals surface area (Å²) in [6.07, 6.45) is 0. The van der Waals surface area contributed by atoms with Crippen LogP contribution in [-0.4, -0.2) is 42.6 Å². The number of nitrogens with zero attached hydrogens (tertiary/aromatic N) is 4. The van der Waals surface area contributed by atoms with E-state index in [1.165, 1.54) is 0 Å². The Hall–Kier alpha value is -1.31. The van der Waals surface area contributed by atoms with Crippen LogP contribution in [0.1, 0.15) is 12.6 Å². The first kappa shape index (κ1) is 12.2. The predicted octanol–water partition coefficient (Wildman–Crippen LogP) is 1.75. The van der Waals surface area contributed by atoms with E-state index in [2.05, 4.69) is 28.8 Å². The van der Waals surface area contributed by atoms with Gasteiger partial charge in [0.2, 0.25) is 0 Å². The molecule has 1 saturated heterocycles. The number of aromatic nitrogens is 1. The molecule has 17 heavy (non-hydrogen) atoms. The Morgan fingerprint density at radius 1 is 1.47 bits per heavy atom. The van der Waals surface area contributed by atoms with E-state index in [1.807, 2.05) is 12.1 Å². The van der Waals surface area contributed by atoms with Gasteiger partial charge in [0.1, 0.15) is 11.9 Å². The molecule has 0 N–H and O–H groups in total. The second-order valence-corrected chi connectivity index (χ2v) is 4.82. The van der Waals surface area contributed by atoms with E-state index in [1.54, 1.807) is 6.07 Å². The highest BCUT2D eigenvalue weighted by atomic mass is 35.5. The van der Waals surface area contributed by atoms with Gasteiger partial charge in [-0.25, -0.2) is 4.98 Å². The zero-order valence-corrected chi connectivity index (χ0v) is 10.8. The fraction of sp³-hybridized carbons (Fsp3) is 0.500. The quantitative estimate of drug-likeness (QED) is 0.762. The second-order valence-electron chi connectivity index (χ2n) is 4.42. The molecule has 0 aliphatic carbocycles. The number of rotatable bonds is 1. The Bertz CT molecular complexity index is 454. The minimum atomic E-state index is 0.301. The molecule has 1 fully saturated rings. The molecule has 2 rings (SSSR count). The van der Waals surface area contributed by atoms with Gasteiger partial charge >= 0.3 is 0 Å². The summed E-state index contributed by atoms with van der Waals surface area (Å²) in [4.78, 5) is 8.82. The first-order valence-corrected chi connectivity index (χ1v) is 6.01. The molecule has 0 aromatic carbocycles. The summed E-state index contributed by atoms with van der Waals surface area (Å²) in [7, 11) is 2.11. The van der Waals surface area contributed by atoms with Gasteiger partial charge in [-0.15, -0.1) is 0 Å². The van der Waals surface area contributed by atoms with Crippen LogP contribution in [0.25, 0.3) is 0 Å². The lowest BCUT2D eigenvalue weighted by Crippen LogP contribution is -2.50. The van der Waals surface area contributed by atoms with Crippen LogP contribution in [0.3, 0.4) is 0 Å². The van der Waals surface area contributed by atoms with Crippen LogP contribution in [0.4, 0.5) is 5.82 Å². The van der Waals surface area contributed by atoms with E-state index in [4.69, 9.17) is 16.9 Å². The summed E-state index contributed by atoms with van der Waals surface area (Å²) in [5.74, 6) is 0.839. The van der Waals surface area contributed by atoms with Gasteiger partial charge in [0.25, 0.3) is 0 Å². The van der Waals surface area contributed by atoms with Crippen molar-refractivity contribution in [2.45, 2.75) is 13.0 Å². The average Bonchev–Trinajstić information content (AvgIpc) is 2.30. The lowest BCUT2D eigenvalue weighted by atomic mass is 10.2. The van der Waals surface area contributed by atoms with E-state index in [0.29, 0.717) is 16.8 Å². The number of pyridine rings is 1. The Balaban J connectivity index is 2.26. The van der Waals surface area contributed by atoms with Crippen molar-refractivity contribution in [3.05, 3.63) is 22.8 Å². The third-order valence-electron chi connectivity index (χ3n) is 3.06. The van der Waals surface area contributed by atoms with Crippen LogP contribution in [-0.2, 0) is 0 Å². The van der Waals surface area contributed by atoms with Crippen molar-refractivity contribution in [2.24, 2.45) is 0 Å². The first-order valence-electron chi connectivity index (χ1n) is 5.63. The molecular weight excluding hydrogens is 236 g/mol. The molecule has 0 radical (unpaired) electrons. The van der Waals surface area contributed by atoms with Crippen molar-refractivity contribution < 1.29 is 0 Å². The Morgan fingerprint density at radius 2 is 2.24 bits per heavy atom. The number of piperazine rings is 1. The lowest BCUT2D eigenvalue weighted by Gasteiger charge is -2.39. The van der Waals surface area contributed by atoms with E-state index in [0.717, 1.165) is 25.5 Å². The smallest absolute Gasteiger partial charge is 0.161 e. The van der Waals surface area contributed by atoms with Gasteiger partial charge in [0, 0.05) is 25.7 Å². The first-order chi connectivity index (χ1) is 8.11. The number of likely N-dealkylation sites (N-methyl/N-ethyl adjacent to an activating group) is 1. The summed E-state index contributed by atoms with van der Waals surface area (Å²) in [5.41, 5.74) is 0.301. The van der Waals surface area contributed by atoms with Gasteiger partial charge in [-0.3, -0.25) is 0 Å². The van der Waals surface area contributed by atoms with Crippen LogP contribution in [0, 0.1) is 11.3 Å². The van der Waals surface area contributed by atoms with Crippen LogP contribution >= 0.6 is 11.6 Å². The number of anilines is 1. The maximum atomic E-state index is 8.93. The Kier molecular flexibility index (Phi) is 3.51. The largest absolute Gasteiger partial charge is 0.351 e. The van der Waals surface area contributed by atoms with Crippen LogP contribution < -0.4 is 4.90 Å². The molecule has 1 unspecified atom stereocenters. The zero-order chi connectivity index (χ0) is 12.4. The Morgan fingerprint density at radius 3 is 2.88 bits per heavy atom. The summed E-state index contributed by atoms with van der Waals surface area (Å²) in [6.45, 7) is 5.11. The minimum Gasteiger partial charge on any atom is -0.351 e. The molecule has 1 aliphatic heterocycles. The predicted molar refractivity (Wildman–Crippen MR) is 68.3 cm³/mol. The van der Waals surface area contributed by atoms with Gasteiger partial charge in [-0.1, -0.05) is 11.6 Å². The molecule has 0 spiro atoms. The highest BCUT2D eigenvalue weighted by Gasteiger charge is 2.22. The maximum Gasteiger partial charge on any atom is 0.161 e. The fourth-order valence-corrected chi connectivity index (χ4v) is 2.30. The molecule has 1 atom stereocenters. The maximum absolute atomic E-state index is 8.93. The van der Waals surface area contributed by atoms with E-state index in [9.17, 15) is 0 Å².